The van der Waals surface area contributed by atoms with Gasteiger partial charge >= 0.3 is 39.5 Å². The van der Waals surface area contributed by atoms with Gasteiger partial charge in [0.05, 0.1) is 26.4 Å². The summed E-state index contributed by atoms with van der Waals surface area (Å²) in [7, 11) is -9.92. The Balaban J connectivity index is 5.17. The van der Waals surface area contributed by atoms with Crippen molar-refractivity contribution < 1.29 is 80.2 Å². The average Bonchev–Trinajstić information content (AvgIpc) is 0.910. The van der Waals surface area contributed by atoms with E-state index in [4.69, 9.17) is 37.0 Å². The Morgan fingerprint density at radius 2 is 0.500 bits per heavy atom. The number of carbonyl (C=O) groups excluding carboxylic acids is 4. The first-order valence-electron chi connectivity index (χ1n) is 42.9. The van der Waals surface area contributed by atoms with Crippen molar-refractivity contribution in [3.8, 4) is 0 Å². The monoisotopic (exact) mass is 1490 g/mol. The van der Waals surface area contributed by atoms with E-state index in [1.807, 2.05) is 0 Å². The van der Waals surface area contributed by atoms with Crippen LogP contribution in [0, 0.1) is 17.8 Å². The predicted octanol–water partition coefficient (Wildman–Crippen LogP) is 24.9. The zero-order valence-electron chi connectivity index (χ0n) is 67.1. The lowest BCUT2D eigenvalue weighted by Crippen LogP contribution is -2.30. The van der Waals surface area contributed by atoms with Crippen LogP contribution in [0.2, 0.25) is 0 Å². The van der Waals surface area contributed by atoms with Crippen LogP contribution < -0.4 is 0 Å². The SMILES string of the molecule is CCCCCCCCCCC(=O)OC[C@H](COP(=O)(O)OC[C@H](O)COP(=O)(O)OC[C@@H](COC(=O)CCCCCCCCCCCCCCCCCCCCC(C)C)OC(=O)CCCCCCCCCCCCCCCCCCCCC(C)C)OC(=O)CCCCCCCCCCC(C)CC. The Labute approximate surface area is 626 Å². The number of aliphatic hydroxyl groups excluding tert-OH is 1. The molecule has 0 aliphatic carbocycles. The molecule has 0 aliphatic rings. The first-order valence-corrected chi connectivity index (χ1v) is 45.9. The highest BCUT2D eigenvalue weighted by molar-refractivity contribution is 7.47. The third-order valence-corrected chi connectivity index (χ3v) is 21.6. The normalized spacial score (nSPS) is 14.2. The van der Waals surface area contributed by atoms with Crippen LogP contribution >= 0.6 is 15.6 Å². The molecule has 0 amide bonds. The molecule has 0 heterocycles. The highest BCUT2D eigenvalue weighted by atomic mass is 31.2. The van der Waals surface area contributed by atoms with Gasteiger partial charge in [-0.05, 0) is 43.4 Å². The van der Waals surface area contributed by atoms with Crippen molar-refractivity contribution in [1.82, 2.24) is 0 Å². The summed E-state index contributed by atoms with van der Waals surface area (Å²) in [6.45, 7) is 12.0. The molecule has 17 nitrogen and oxygen atoms in total. The maximum Gasteiger partial charge on any atom is 0.472 e. The summed E-state index contributed by atoms with van der Waals surface area (Å²) < 4.78 is 68.7. The molecule has 0 saturated carbocycles. The summed E-state index contributed by atoms with van der Waals surface area (Å²) in [6, 6.07) is 0. The fourth-order valence-electron chi connectivity index (χ4n) is 12.8. The number of aliphatic hydroxyl groups is 1. The average molecular weight is 1490 g/mol. The second-order valence-electron chi connectivity index (χ2n) is 31.1. The van der Waals surface area contributed by atoms with E-state index in [0.29, 0.717) is 25.7 Å². The molecule has 0 bridgehead atoms. The smallest absolute Gasteiger partial charge is 0.462 e. The summed E-state index contributed by atoms with van der Waals surface area (Å²) >= 11 is 0. The number of carbonyl (C=O) groups is 4. The summed E-state index contributed by atoms with van der Waals surface area (Å²) in [5.41, 5.74) is 0. The van der Waals surface area contributed by atoms with Crippen LogP contribution in [0.25, 0.3) is 0 Å². The zero-order chi connectivity index (χ0) is 75.1. The molecular weight excluding hydrogens is 1330 g/mol. The summed E-state index contributed by atoms with van der Waals surface area (Å²) in [5, 5.41) is 10.6. The number of ether oxygens (including phenoxy) is 4. The molecule has 606 valence electrons. The molecule has 0 aromatic rings. The molecule has 0 saturated heterocycles. The molecule has 0 rings (SSSR count). The number of phosphoric acid groups is 2. The lowest BCUT2D eigenvalue weighted by molar-refractivity contribution is -0.161. The van der Waals surface area contributed by atoms with Crippen molar-refractivity contribution in [2.75, 3.05) is 39.6 Å². The highest BCUT2D eigenvalue weighted by Gasteiger charge is 2.30. The van der Waals surface area contributed by atoms with E-state index in [2.05, 4.69) is 48.5 Å². The van der Waals surface area contributed by atoms with Crippen LogP contribution in [0.15, 0.2) is 0 Å². The number of hydrogen-bond acceptors (Lipinski definition) is 15. The number of phosphoric ester groups is 2. The standard InChI is InChI=1S/C83H162O17P2/c1-8-10-11-12-13-43-50-57-64-80(85)93-70-78(100-83(88)67-60-53-46-39-38-42-49-56-63-76(7)9-2)72-97-101(89,90)95-68-77(84)69-96-102(91,92)98-73-79(99-82(87)66-59-52-45-37-33-29-25-21-17-15-19-23-27-31-35-41-48-55-62-75(5)6)71-94-81(86)65-58-51-44-36-32-28-24-20-16-14-18-22-26-30-34-40-47-54-61-74(3)4/h74-79,84H,8-73H2,1-7H3,(H,89,90)(H,91,92)/t76?,77-,78+,79+/m0/s1. The van der Waals surface area contributed by atoms with Crippen molar-refractivity contribution in [2.24, 2.45) is 17.8 Å². The van der Waals surface area contributed by atoms with Crippen LogP contribution in [-0.4, -0.2) is 96.7 Å². The highest BCUT2D eigenvalue weighted by Crippen LogP contribution is 2.45. The number of unbranched alkanes of at least 4 members (excludes halogenated alkanes) is 48. The van der Waals surface area contributed by atoms with Crippen LogP contribution in [0.1, 0.15) is 434 Å². The van der Waals surface area contributed by atoms with Gasteiger partial charge in [0.25, 0.3) is 0 Å². The van der Waals surface area contributed by atoms with Crippen molar-refractivity contribution >= 4 is 39.5 Å². The molecule has 0 fully saturated rings. The van der Waals surface area contributed by atoms with Crippen LogP contribution in [0.3, 0.4) is 0 Å². The second kappa shape index (κ2) is 73.2. The first kappa shape index (κ1) is 100. The largest absolute Gasteiger partial charge is 0.472 e. The summed E-state index contributed by atoms with van der Waals surface area (Å²) in [4.78, 5) is 72.9. The predicted molar refractivity (Wildman–Crippen MR) is 418 cm³/mol. The van der Waals surface area contributed by atoms with Crippen molar-refractivity contribution in [3.05, 3.63) is 0 Å². The Kier molecular flexibility index (Phi) is 71.8. The van der Waals surface area contributed by atoms with E-state index >= 15 is 0 Å². The van der Waals surface area contributed by atoms with Crippen molar-refractivity contribution in [3.63, 3.8) is 0 Å². The fourth-order valence-corrected chi connectivity index (χ4v) is 14.4. The Hall–Kier alpha value is -1.94. The lowest BCUT2D eigenvalue weighted by atomic mass is 9.99. The number of rotatable bonds is 81. The second-order valence-corrected chi connectivity index (χ2v) is 34.0. The molecule has 3 unspecified atom stereocenters. The van der Waals surface area contributed by atoms with Gasteiger partial charge in [-0.25, -0.2) is 9.13 Å². The minimum atomic E-state index is -4.96. The van der Waals surface area contributed by atoms with Gasteiger partial charge < -0.3 is 33.8 Å². The molecule has 0 aliphatic heterocycles. The van der Waals surface area contributed by atoms with E-state index < -0.39 is 97.5 Å². The minimum absolute atomic E-state index is 0.105. The number of hydrogen-bond donors (Lipinski definition) is 3. The Morgan fingerprint density at radius 1 is 0.284 bits per heavy atom. The van der Waals surface area contributed by atoms with Crippen LogP contribution in [0.4, 0.5) is 0 Å². The molecule has 102 heavy (non-hydrogen) atoms. The van der Waals surface area contributed by atoms with Gasteiger partial charge in [-0.1, -0.05) is 382 Å². The van der Waals surface area contributed by atoms with Gasteiger partial charge in [-0.3, -0.25) is 37.3 Å². The van der Waals surface area contributed by atoms with Crippen molar-refractivity contribution in [2.45, 2.75) is 452 Å². The van der Waals surface area contributed by atoms with Crippen LogP contribution in [0.5, 0.6) is 0 Å². The minimum Gasteiger partial charge on any atom is -0.462 e. The molecule has 0 aromatic carbocycles. The molecular formula is C83H162O17P2. The summed E-state index contributed by atoms with van der Waals surface area (Å²) in [5.74, 6) is 0.300. The van der Waals surface area contributed by atoms with E-state index in [1.54, 1.807) is 0 Å². The third-order valence-electron chi connectivity index (χ3n) is 19.7. The first-order chi connectivity index (χ1) is 49.3. The lowest BCUT2D eigenvalue weighted by Gasteiger charge is -2.21. The van der Waals surface area contributed by atoms with E-state index in [1.165, 1.54) is 238 Å². The van der Waals surface area contributed by atoms with Gasteiger partial charge in [0, 0.05) is 25.7 Å². The molecule has 0 aromatic heterocycles. The molecule has 0 radical (unpaired) electrons. The molecule has 19 heteroatoms. The van der Waals surface area contributed by atoms with Crippen molar-refractivity contribution in [1.29, 1.82) is 0 Å². The maximum absolute atomic E-state index is 13.1. The molecule has 3 N–H and O–H groups in total. The number of esters is 4. The Morgan fingerprint density at radius 3 is 0.745 bits per heavy atom. The van der Waals surface area contributed by atoms with Crippen LogP contribution in [-0.2, 0) is 65.4 Å². The van der Waals surface area contributed by atoms with E-state index in [0.717, 1.165) is 114 Å². The van der Waals surface area contributed by atoms with E-state index in [9.17, 15) is 43.2 Å². The summed E-state index contributed by atoms with van der Waals surface area (Å²) in [6.07, 6.45) is 62.7. The quantitative estimate of drug-likeness (QED) is 0.0222. The fraction of sp³-hybridized carbons (Fsp3) is 0.952. The van der Waals surface area contributed by atoms with Gasteiger partial charge in [0.2, 0.25) is 0 Å². The zero-order valence-corrected chi connectivity index (χ0v) is 68.9. The van der Waals surface area contributed by atoms with E-state index in [-0.39, 0.29) is 25.7 Å². The molecule has 0 spiro atoms. The molecule has 6 atom stereocenters. The van der Waals surface area contributed by atoms with Gasteiger partial charge in [0.15, 0.2) is 12.2 Å². The van der Waals surface area contributed by atoms with Gasteiger partial charge in [-0.2, -0.15) is 0 Å². The third kappa shape index (κ3) is 74.9. The van der Waals surface area contributed by atoms with Gasteiger partial charge in [-0.15, -0.1) is 0 Å². The maximum atomic E-state index is 13.1. The van der Waals surface area contributed by atoms with Gasteiger partial charge in [0.1, 0.15) is 19.3 Å². The Bertz CT molecular complexity index is 1980. The topological polar surface area (TPSA) is 237 Å².